The molecule has 0 spiro atoms. The molecule has 1 aromatic heterocycles. The van der Waals surface area contributed by atoms with Crippen molar-refractivity contribution in [2.75, 3.05) is 43.3 Å². The summed E-state index contributed by atoms with van der Waals surface area (Å²) in [5.74, 6) is -0.145. The molecule has 0 aliphatic rings. The number of thiophene rings is 1. The van der Waals surface area contributed by atoms with Gasteiger partial charge in [-0.15, -0.1) is 11.3 Å². The summed E-state index contributed by atoms with van der Waals surface area (Å²) in [5.41, 5.74) is 5.99. The highest BCUT2D eigenvalue weighted by Gasteiger charge is 2.22. The molecule has 0 atom stereocenters. The maximum Gasteiger partial charge on any atom is 0.350 e. The Morgan fingerprint density at radius 1 is 1.40 bits per heavy atom. The molecule has 114 valence electrons. The van der Waals surface area contributed by atoms with Crippen LogP contribution >= 0.6 is 11.3 Å². The molecule has 0 amide bonds. The Labute approximate surface area is 122 Å². The Morgan fingerprint density at radius 2 is 2.05 bits per heavy atom. The first-order chi connectivity index (χ1) is 9.36. The Hall–Kier alpha value is -1.48. The Bertz CT molecular complexity index is 580. The fourth-order valence-electron chi connectivity index (χ4n) is 1.46. The Balaban J connectivity index is 2.88. The van der Waals surface area contributed by atoms with Gasteiger partial charge in [-0.1, -0.05) is 6.92 Å². The molecule has 0 aliphatic heterocycles. The predicted octanol–water partition coefficient (Wildman–Crippen LogP) is 0.972. The first kappa shape index (κ1) is 16.6. The summed E-state index contributed by atoms with van der Waals surface area (Å²) in [4.78, 5) is 11.8. The van der Waals surface area contributed by atoms with Crippen LogP contribution in [0.3, 0.4) is 0 Å². The number of carbonyl (C=O) groups is 1. The third-order valence-corrected chi connectivity index (χ3v) is 5.44. The van der Waals surface area contributed by atoms with E-state index in [1.165, 1.54) is 14.2 Å². The van der Waals surface area contributed by atoms with Gasteiger partial charge in [0.15, 0.2) is 15.6 Å². The number of nitrogens with one attached hydrogen (secondary N) is 1. The topological polar surface area (TPSA) is 108 Å². The number of rotatable bonds is 7. The predicted molar refractivity (Wildman–Crippen MR) is 79.4 cm³/mol. The number of methoxy groups -OCH3 is 2. The number of carbonyl (C=O) groups excluding carboxylic acids is 1. The molecule has 0 radical (unpaired) electrons. The van der Waals surface area contributed by atoms with Crippen molar-refractivity contribution in [3.63, 3.8) is 0 Å². The van der Waals surface area contributed by atoms with Gasteiger partial charge in [0.05, 0.1) is 20.0 Å². The van der Waals surface area contributed by atoms with Crippen molar-refractivity contribution in [1.82, 2.24) is 0 Å². The molecule has 1 rings (SSSR count). The lowest BCUT2D eigenvalue weighted by Crippen LogP contribution is -2.16. The van der Waals surface area contributed by atoms with Gasteiger partial charge < -0.3 is 20.5 Å². The summed E-state index contributed by atoms with van der Waals surface area (Å²) in [7, 11) is -0.372. The van der Waals surface area contributed by atoms with E-state index in [1.54, 1.807) is 6.92 Å². The number of hydrogen-bond acceptors (Lipinski definition) is 8. The molecule has 3 N–H and O–H groups in total. The van der Waals surface area contributed by atoms with Crippen LogP contribution in [-0.2, 0) is 14.6 Å². The molecule has 0 aliphatic carbocycles. The van der Waals surface area contributed by atoms with Crippen molar-refractivity contribution in [3.05, 3.63) is 4.88 Å². The molecule has 0 bridgehead atoms. The molecule has 0 aromatic carbocycles. The minimum Gasteiger partial charge on any atom is -0.492 e. The van der Waals surface area contributed by atoms with Crippen LogP contribution in [0.4, 0.5) is 10.7 Å². The smallest absolute Gasteiger partial charge is 0.350 e. The third kappa shape index (κ3) is 3.76. The molecule has 20 heavy (non-hydrogen) atoms. The number of ether oxygens (including phenoxy) is 2. The lowest BCUT2D eigenvalue weighted by atomic mass is 10.3. The van der Waals surface area contributed by atoms with Crippen molar-refractivity contribution in [1.29, 1.82) is 0 Å². The van der Waals surface area contributed by atoms with Gasteiger partial charge in [0, 0.05) is 12.3 Å². The number of sulfone groups is 1. The summed E-state index contributed by atoms with van der Waals surface area (Å²) in [6.45, 7) is 1.81. The molecule has 0 saturated carbocycles. The fraction of sp³-hybridized carbons (Fsp3) is 0.545. The maximum atomic E-state index is 11.5. The van der Waals surface area contributed by atoms with E-state index < -0.39 is 15.8 Å². The van der Waals surface area contributed by atoms with Gasteiger partial charge in [-0.3, -0.25) is 0 Å². The monoisotopic (exact) mass is 322 g/mol. The van der Waals surface area contributed by atoms with Crippen molar-refractivity contribution in [3.8, 4) is 5.75 Å². The zero-order valence-electron chi connectivity index (χ0n) is 11.6. The van der Waals surface area contributed by atoms with Gasteiger partial charge in [0.2, 0.25) is 0 Å². The summed E-state index contributed by atoms with van der Waals surface area (Å²) < 4.78 is 32.6. The molecule has 1 aromatic rings. The Kier molecular flexibility index (Phi) is 5.63. The van der Waals surface area contributed by atoms with E-state index in [2.05, 4.69) is 10.1 Å². The van der Waals surface area contributed by atoms with Crippen molar-refractivity contribution in [2.24, 2.45) is 0 Å². The average Bonchev–Trinajstić information content (AvgIpc) is 2.74. The number of anilines is 2. The van der Waals surface area contributed by atoms with Gasteiger partial charge in [0.1, 0.15) is 15.6 Å². The van der Waals surface area contributed by atoms with E-state index in [4.69, 9.17) is 10.5 Å². The van der Waals surface area contributed by atoms with Crippen LogP contribution in [0.15, 0.2) is 0 Å². The maximum absolute atomic E-state index is 11.5. The van der Waals surface area contributed by atoms with E-state index in [1.807, 2.05) is 0 Å². The standard InChI is InChI=1S/C11H18N2O5S2/c1-4-20(15,16)6-5-13-10-8(17-2)7(12)9(19-10)11(14)18-3/h13H,4-6,12H2,1-3H3. The van der Waals surface area contributed by atoms with Crippen LogP contribution in [0.2, 0.25) is 0 Å². The van der Waals surface area contributed by atoms with Gasteiger partial charge in [-0.2, -0.15) is 0 Å². The number of nitrogen functional groups attached to an aromatic ring is 1. The molecule has 7 nitrogen and oxygen atoms in total. The van der Waals surface area contributed by atoms with E-state index in [0.29, 0.717) is 10.8 Å². The van der Waals surface area contributed by atoms with Crippen molar-refractivity contribution in [2.45, 2.75) is 6.92 Å². The lowest BCUT2D eigenvalue weighted by Gasteiger charge is -2.06. The quantitative estimate of drug-likeness (QED) is 0.720. The minimum absolute atomic E-state index is 0.00197. The summed E-state index contributed by atoms with van der Waals surface area (Å²) >= 11 is 1.07. The highest BCUT2D eigenvalue weighted by molar-refractivity contribution is 7.91. The lowest BCUT2D eigenvalue weighted by molar-refractivity contribution is 0.0607. The highest BCUT2D eigenvalue weighted by atomic mass is 32.2. The average molecular weight is 322 g/mol. The molecule has 0 fully saturated rings. The fourth-order valence-corrected chi connectivity index (χ4v) is 3.19. The van der Waals surface area contributed by atoms with Crippen LogP contribution in [0.5, 0.6) is 5.75 Å². The van der Waals surface area contributed by atoms with E-state index >= 15 is 0 Å². The summed E-state index contributed by atoms with van der Waals surface area (Å²) in [5, 5.41) is 3.43. The zero-order chi connectivity index (χ0) is 15.3. The second kappa shape index (κ2) is 6.80. The number of nitrogens with two attached hydrogens (primary N) is 1. The minimum atomic E-state index is -3.06. The second-order valence-electron chi connectivity index (χ2n) is 3.86. The van der Waals surface area contributed by atoms with E-state index in [-0.39, 0.29) is 28.6 Å². The van der Waals surface area contributed by atoms with Crippen molar-refractivity contribution >= 4 is 37.8 Å². The van der Waals surface area contributed by atoms with Gasteiger partial charge >= 0.3 is 5.97 Å². The normalized spacial score (nSPS) is 11.2. The molecule has 9 heteroatoms. The van der Waals surface area contributed by atoms with Crippen LogP contribution in [0.1, 0.15) is 16.6 Å². The highest BCUT2D eigenvalue weighted by Crippen LogP contribution is 2.42. The van der Waals surface area contributed by atoms with Crippen LogP contribution in [0, 0.1) is 0 Å². The largest absolute Gasteiger partial charge is 0.492 e. The third-order valence-electron chi connectivity index (χ3n) is 2.61. The molecule has 0 saturated heterocycles. The zero-order valence-corrected chi connectivity index (χ0v) is 13.2. The van der Waals surface area contributed by atoms with Crippen LogP contribution < -0.4 is 15.8 Å². The van der Waals surface area contributed by atoms with Crippen LogP contribution in [-0.4, -0.2) is 46.7 Å². The summed E-state index contributed by atoms with van der Waals surface area (Å²) in [6, 6.07) is 0. The van der Waals surface area contributed by atoms with Crippen LogP contribution in [0.25, 0.3) is 0 Å². The summed E-state index contributed by atoms with van der Waals surface area (Å²) in [6.07, 6.45) is 0. The van der Waals surface area contributed by atoms with Gasteiger partial charge in [0.25, 0.3) is 0 Å². The Morgan fingerprint density at radius 3 is 2.55 bits per heavy atom. The molecule has 1 heterocycles. The second-order valence-corrected chi connectivity index (χ2v) is 7.36. The van der Waals surface area contributed by atoms with Gasteiger partial charge in [-0.25, -0.2) is 13.2 Å². The van der Waals surface area contributed by atoms with Crippen molar-refractivity contribution < 1.29 is 22.7 Å². The molecular formula is C11H18N2O5S2. The van der Waals surface area contributed by atoms with Gasteiger partial charge in [-0.05, 0) is 0 Å². The molecule has 0 unspecified atom stereocenters. The SMILES string of the molecule is CCS(=O)(=O)CCNc1sc(C(=O)OC)c(N)c1OC. The number of hydrogen-bond donors (Lipinski definition) is 2. The first-order valence-electron chi connectivity index (χ1n) is 5.85. The molecular weight excluding hydrogens is 304 g/mol. The van der Waals surface area contributed by atoms with E-state index in [9.17, 15) is 13.2 Å². The number of esters is 1. The first-order valence-corrected chi connectivity index (χ1v) is 8.49. The van der Waals surface area contributed by atoms with E-state index in [0.717, 1.165) is 11.3 Å².